The highest BCUT2D eigenvalue weighted by Gasteiger charge is 2.76. The van der Waals surface area contributed by atoms with Gasteiger partial charge in [0.2, 0.25) is 0 Å². The molecule has 0 amide bonds. The Morgan fingerprint density at radius 1 is 0.372 bits per heavy atom. The van der Waals surface area contributed by atoms with Gasteiger partial charge in [0, 0.05) is 27.3 Å². The topological polar surface area (TPSA) is 0 Å². The first-order valence-corrected chi connectivity index (χ1v) is 14.7. The lowest BCUT2D eigenvalue weighted by atomic mass is 9.82. The molecule has 0 aliphatic rings. The summed E-state index contributed by atoms with van der Waals surface area (Å²) in [4.78, 5) is 0. The van der Waals surface area contributed by atoms with Gasteiger partial charge in [-0.3, -0.25) is 12.9 Å². The minimum absolute atomic E-state index is 2.19. The summed E-state index contributed by atoms with van der Waals surface area (Å²) in [6, 6.07) is 0. The van der Waals surface area contributed by atoms with E-state index in [9.17, 15) is 74.6 Å². The van der Waals surface area contributed by atoms with Crippen molar-refractivity contribution in [3.8, 4) is 0 Å². The first-order valence-electron chi connectivity index (χ1n) is 10.1. The van der Waals surface area contributed by atoms with Gasteiger partial charge >= 0.3 is 54.2 Å². The lowest BCUT2D eigenvalue weighted by Crippen LogP contribution is -2.51. The molecule has 23 heteroatoms. The van der Waals surface area contributed by atoms with E-state index in [4.69, 9.17) is 0 Å². The van der Waals surface area contributed by atoms with Gasteiger partial charge < -0.3 is 0 Å². The zero-order valence-corrected chi connectivity index (χ0v) is 22.0. The molecule has 0 saturated heterocycles. The molecule has 0 bridgehead atoms. The smallest absolute Gasteiger partial charge is 0.296 e. The van der Waals surface area contributed by atoms with Crippen molar-refractivity contribution in [2.75, 3.05) is 0 Å². The van der Waals surface area contributed by atoms with Gasteiger partial charge in [-0.1, -0.05) is 0 Å². The Morgan fingerprint density at radius 2 is 0.628 bits per heavy atom. The molecule has 0 aliphatic carbocycles. The molecule has 0 radical (unpaired) electrons. The van der Waals surface area contributed by atoms with Crippen LogP contribution in [0.2, 0.25) is 0 Å². The van der Waals surface area contributed by atoms with Gasteiger partial charge in [0.15, 0.2) is 34.9 Å². The number of rotatable bonds is 5. The zero-order valence-electron chi connectivity index (χ0n) is 19.0. The van der Waals surface area contributed by atoms with E-state index >= 15 is 17.6 Å². The van der Waals surface area contributed by atoms with Crippen LogP contribution in [0.15, 0.2) is 0 Å². The number of hydrogen-bond acceptors (Lipinski definition) is 0. The van der Waals surface area contributed by atoms with Crippen LogP contribution < -0.4 is 3.69 Å². The fourth-order valence-electron chi connectivity index (χ4n) is 3.99. The standard InChI is InChI=1S/C20F21.BrH.Mg/c21-3-1-2-4(10(23)9(3)22)8(16(30,31)18(34,35)20(39,40)41)6-5(11(24)13(26)14(27)12(6)25)7(2)15(28,29)17(32,33)19(36,37)38;;/h;1H;/q;;+1/p-1. The molecule has 0 aromatic heterocycles. The zero-order chi connectivity index (χ0) is 33.8. The van der Waals surface area contributed by atoms with Gasteiger partial charge in [0.05, 0.1) is 0 Å². The van der Waals surface area contributed by atoms with Crippen molar-refractivity contribution in [3.05, 3.63) is 51.8 Å². The van der Waals surface area contributed by atoms with Crippen LogP contribution in [-0.2, 0) is 11.8 Å². The van der Waals surface area contributed by atoms with Crippen LogP contribution in [0.1, 0.15) is 11.1 Å². The van der Waals surface area contributed by atoms with Crippen molar-refractivity contribution < 1.29 is 92.2 Å². The lowest BCUT2D eigenvalue weighted by molar-refractivity contribution is -0.359. The maximum absolute atomic E-state index is 15.1. The number of fused-ring (bicyclic) bond motifs is 2. The van der Waals surface area contributed by atoms with Crippen LogP contribution >= 0.6 is 12.9 Å². The van der Waals surface area contributed by atoms with Gasteiger partial charge in [-0.05, 0) is 5.39 Å². The molecule has 0 heterocycles. The van der Waals surface area contributed by atoms with Crippen molar-refractivity contribution in [2.45, 2.75) is 36.0 Å². The molecule has 43 heavy (non-hydrogen) atoms. The van der Waals surface area contributed by atoms with Crippen molar-refractivity contribution in [1.29, 1.82) is 0 Å². The van der Waals surface area contributed by atoms with E-state index in [2.05, 4.69) is 12.9 Å². The Labute approximate surface area is 236 Å². The van der Waals surface area contributed by atoms with E-state index in [0.29, 0.717) is 0 Å². The normalized spacial score (nSPS) is 14.2. The average molecular weight is 743 g/mol. The van der Waals surface area contributed by atoms with Crippen molar-refractivity contribution in [2.24, 2.45) is 0 Å². The fraction of sp³-hybridized carbons (Fsp3) is 0.300. The minimum Gasteiger partial charge on any atom is -0.296 e. The van der Waals surface area contributed by atoms with E-state index in [0.717, 1.165) is 0 Å². The van der Waals surface area contributed by atoms with Crippen LogP contribution in [0.25, 0.3) is 21.5 Å². The predicted molar refractivity (Wildman–Crippen MR) is 105 cm³/mol. The molecule has 3 aromatic carbocycles. The van der Waals surface area contributed by atoms with E-state index in [1.807, 2.05) is 0 Å². The lowest BCUT2D eigenvalue weighted by Gasteiger charge is -2.34. The molecular weight excluding hydrogens is 743 g/mol. The van der Waals surface area contributed by atoms with Crippen LogP contribution in [0.3, 0.4) is 0 Å². The van der Waals surface area contributed by atoms with Gasteiger partial charge in [-0.25, -0.2) is 30.7 Å². The van der Waals surface area contributed by atoms with E-state index in [1.54, 1.807) is 0 Å². The molecule has 0 nitrogen and oxygen atoms in total. The molecule has 3 aromatic rings. The van der Waals surface area contributed by atoms with Crippen LogP contribution in [0.5, 0.6) is 0 Å². The van der Waals surface area contributed by atoms with Crippen LogP contribution in [-0.4, -0.2) is 42.4 Å². The Bertz CT molecular complexity index is 1650. The highest BCUT2D eigenvalue weighted by atomic mass is 79.9. The Kier molecular flexibility index (Phi) is 8.44. The summed E-state index contributed by atoms with van der Waals surface area (Å²) in [5.41, 5.74) is -7.64. The van der Waals surface area contributed by atoms with E-state index < -0.39 is 131 Å². The SMILES string of the molecule is Fc1c(F)c(F)c2c(C(F)(F)C(F)(F)C(F)(F)F)c3[c]([Mg][Br])c(F)c(F)c(F)c3c(C(F)(F)C(F)(F)C(F)(F)F)c2c1F. The second-order valence-electron chi connectivity index (χ2n) is 8.35. The molecule has 0 spiro atoms. The summed E-state index contributed by atoms with van der Waals surface area (Å²) >= 11 is -1.16. The summed E-state index contributed by atoms with van der Waals surface area (Å²) < 4.78 is 294. The van der Waals surface area contributed by atoms with Gasteiger partial charge in [0.1, 0.15) is 5.82 Å². The first kappa shape index (κ1) is 35.4. The molecule has 0 atom stereocenters. The summed E-state index contributed by atoms with van der Waals surface area (Å²) in [7, 11) is 0. The van der Waals surface area contributed by atoms with E-state index in [-0.39, 0.29) is 0 Å². The Hall–Kier alpha value is -2.04. The average Bonchev–Trinajstić information content (AvgIpc) is 2.86. The maximum atomic E-state index is 15.1. The highest BCUT2D eigenvalue weighted by Crippen LogP contribution is 2.60. The second kappa shape index (κ2) is 10.2. The molecule has 3 rings (SSSR count). The summed E-state index contributed by atoms with van der Waals surface area (Å²) in [5, 5.41) is -13.4. The number of benzene rings is 3. The molecule has 0 aliphatic heterocycles. The molecule has 0 saturated carbocycles. The fourth-order valence-corrected chi connectivity index (χ4v) is 6.33. The number of halogens is 22. The number of alkyl halides is 14. The van der Waals surface area contributed by atoms with E-state index in [1.165, 1.54) is 0 Å². The third-order valence-electron chi connectivity index (χ3n) is 5.95. The van der Waals surface area contributed by atoms with Crippen molar-refractivity contribution >= 4 is 56.3 Å². The Balaban J connectivity index is 3.07. The highest BCUT2D eigenvalue weighted by molar-refractivity contribution is 9.23. The molecule has 236 valence electrons. The third-order valence-corrected chi connectivity index (χ3v) is 8.56. The summed E-state index contributed by atoms with van der Waals surface area (Å²) in [5.74, 6) is -54.5. The number of hydrogen-bond donors (Lipinski definition) is 0. The predicted octanol–water partition coefficient (Wildman–Crippen LogP) is 9.18. The molecule has 0 unspecified atom stereocenters. The molecular formula is C20BrF21Mg. The summed E-state index contributed by atoms with van der Waals surface area (Å²) in [6.07, 6.45) is -15.1. The molecule has 0 N–H and O–H groups in total. The summed E-state index contributed by atoms with van der Waals surface area (Å²) in [6.45, 7) is 0. The van der Waals surface area contributed by atoms with Crippen molar-refractivity contribution in [1.82, 2.24) is 0 Å². The third kappa shape index (κ3) is 4.59. The molecule has 0 fully saturated rings. The first-order chi connectivity index (χ1) is 19.1. The van der Waals surface area contributed by atoms with Crippen molar-refractivity contribution in [3.63, 3.8) is 0 Å². The Morgan fingerprint density at radius 3 is 0.907 bits per heavy atom. The maximum Gasteiger partial charge on any atom is 0.512 e. The second-order valence-corrected chi connectivity index (χ2v) is 11.0. The largest absolute Gasteiger partial charge is 0.512 e. The van der Waals surface area contributed by atoms with Gasteiger partial charge in [-0.2, -0.15) is 61.5 Å². The van der Waals surface area contributed by atoms with Crippen LogP contribution in [0.4, 0.5) is 92.2 Å². The monoisotopic (exact) mass is 742 g/mol. The van der Waals surface area contributed by atoms with Crippen LogP contribution in [0, 0.1) is 40.7 Å². The quantitative estimate of drug-likeness (QED) is 0.0805. The minimum atomic E-state index is -7.71. The van der Waals surface area contributed by atoms with Gasteiger partial charge in [0.25, 0.3) is 0 Å². The van der Waals surface area contributed by atoms with Gasteiger partial charge in [-0.15, -0.1) is 3.69 Å².